The number of aromatic amines is 1. The smallest absolute Gasteiger partial charge is 0.142 e. The van der Waals surface area contributed by atoms with Crippen molar-refractivity contribution in [1.29, 1.82) is 0 Å². The summed E-state index contributed by atoms with van der Waals surface area (Å²) < 4.78 is 0. The van der Waals surface area contributed by atoms with E-state index in [1.54, 1.807) is 6.33 Å². The molecule has 2 aliphatic heterocycles. The van der Waals surface area contributed by atoms with Crippen molar-refractivity contribution in [1.82, 2.24) is 15.0 Å². The fraction of sp³-hybridized carbons (Fsp3) is 0.571. The summed E-state index contributed by atoms with van der Waals surface area (Å²) in [5, 5.41) is 1.17. The summed E-state index contributed by atoms with van der Waals surface area (Å²) in [6.07, 6.45) is 8.91. The molecule has 2 aliphatic rings. The minimum absolute atomic E-state index is 0.687. The van der Waals surface area contributed by atoms with E-state index in [9.17, 15) is 0 Å². The molecule has 2 unspecified atom stereocenters. The van der Waals surface area contributed by atoms with Gasteiger partial charge >= 0.3 is 0 Å². The maximum Gasteiger partial charge on any atom is 0.142 e. The van der Waals surface area contributed by atoms with Crippen LogP contribution in [0.15, 0.2) is 18.6 Å². The van der Waals surface area contributed by atoms with Crippen molar-refractivity contribution >= 4 is 16.9 Å². The molecule has 4 heteroatoms. The van der Waals surface area contributed by atoms with Gasteiger partial charge in [-0.3, -0.25) is 0 Å². The van der Waals surface area contributed by atoms with E-state index in [0.717, 1.165) is 17.4 Å². The van der Waals surface area contributed by atoms with E-state index in [2.05, 4.69) is 32.8 Å². The Morgan fingerprint density at radius 1 is 1.22 bits per heavy atom. The van der Waals surface area contributed by atoms with E-state index in [4.69, 9.17) is 0 Å². The fourth-order valence-corrected chi connectivity index (χ4v) is 3.86. The van der Waals surface area contributed by atoms with Gasteiger partial charge in [0.15, 0.2) is 0 Å². The van der Waals surface area contributed by atoms with Crippen molar-refractivity contribution in [2.45, 2.75) is 44.7 Å². The quantitative estimate of drug-likeness (QED) is 0.836. The Kier molecular flexibility index (Phi) is 2.13. The molecule has 4 rings (SSSR count). The number of hydrogen-bond acceptors (Lipinski definition) is 3. The fourth-order valence-electron chi connectivity index (χ4n) is 3.86. The van der Waals surface area contributed by atoms with Crippen LogP contribution < -0.4 is 4.90 Å². The molecule has 18 heavy (non-hydrogen) atoms. The molecule has 2 atom stereocenters. The number of anilines is 1. The molecule has 0 saturated carbocycles. The summed E-state index contributed by atoms with van der Waals surface area (Å²) in [6.45, 7) is 2.38. The van der Waals surface area contributed by atoms with Gasteiger partial charge in [-0.05, 0) is 37.7 Å². The average Bonchev–Trinajstić information content (AvgIpc) is 2.92. The Hall–Kier alpha value is -1.58. The number of H-pyrrole nitrogens is 1. The van der Waals surface area contributed by atoms with Gasteiger partial charge in [-0.2, -0.15) is 0 Å². The van der Waals surface area contributed by atoms with Crippen molar-refractivity contribution in [2.24, 2.45) is 5.92 Å². The van der Waals surface area contributed by atoms with Crippen molar-refractivity contribution < 1.29 is 0 Å². The standard InChI is InChI=1S/C14H18N4/c1-9-6-10-2-3-11(7-9)18(10)14-12-4-5-15-13(12)16-8-17-14/h4-5,8-11H,2-3,6-7H2,1H3,(H,15,16,17). The summed E-state index contributed by atoms with van der Waals surface area (Å²) in [7, 11) is 0. The summed E-state index contributed by atoms with van der Waals surface area (Å²) in [6, 6.07) is 3.47. The second-order valence-electron chi connectivity index (χ2n) is 5.81. The molecule has 0 radical (unpaired) electrons. The highest BCUT2D eigenvalue weighted by Gasteiger charge is 2.40. The number of rotatable bonds is 1. The van der Waals surface area contributed by atoms with Crippen molar-refractivity contribution in [3.8, 4) is 0 Å². The van der Waals surface area contributed by atoms with Gasteiger partial charge in [0.25, 0.3) is 0 Å². The second kappa shape index (κ2) is 3.70. The van der Waals surface area contributed by atoms with Crippen LogP contribution in [0, 0.1) is 5.92 Å². The van der Waals surface area contributed by atoms with Crippen LogP contribution >= 0.6 is 0 Å². The van der Waals surface area contributed by atoms with Crippen LogP contribution in [0.3, 0.4) is 0 Å². The van der Waals surface area contributed by atoms with Gasteiger partial charge in [0, 0.05) is 18.3 Å². The van der Waals surface area contributed by atoms with Gasteiger partial charge in [-0.25, -0.2) is 9.97 Å². The van der Waals surface area contributed by atoms with Crippen molar-refractivity contribution in [3.05, 3.63) is 18.6 Å². The molecule has 0 aliphatic carbocycles. The molecule has 0 amide bonds. The van der Waals surface area contributed by atoms with Gasteiger partial charge in [-0.15, -0.1) is 0 Å². The number of nitrogens with one attached hydrogen (secondary N) is 1. The first kappa shape index (κ1) is 10.4. The minimum atomic E-state index is 0.687. The molecule has 4 nitrogen and oxygen atoms in total. The highest BCUT2D eigenvalue weighted by atomic mass is 15.3. The number of piperidine rings is 1. The van der Waals surface area contributed by atoms with Crippen LogP contribution in [0.2, 0.25) is 0 Å². The van der Waals surface area contributed by atoms with Crippen LogP contribution in [-0.2, 0) is 0 Å². The molecule has 94 valence electrons. The van der Waals surface area contributed by atoms with Gasteiger partial charge in [-0.1, -0.05) is 6.92 Å². The molecule has 1 N–H and O–H groups in total. The molecular weight excluding hydrogens is 224 g/mol. The topological polar surface area (TPSA) is 44.8 Å². The largest absolute Gasteiger partial charge is 0.350 e. The minimum Gasteiger partial charge on any atom is -0.350 e. The highest BCUT2D eigenvalue weighted by Crippen LogP contribution is 2.42. The Morgan fingerprint density at radius 3 is 2.78 bits per heavy atom. The van der Waals surface area contributed by atoms with Crippen LogP contribution in [0.4, 0.5) is 5.82 Å². The second-order valence-corrected chi connectivity index (χ2v) is 5.81. The summed E-state index contributed by atoms with van der Waals surface area (Å²) >= 11 is 0. The maximum atomic E-state index is 4.56. The van der Waals surface area contributed by atoms with E-state index in [1.165, 1.54) is 31.1 Å². The Bertz CT molecular complexity index is 562. The predicted molar refractivity (Wildman–Crippen MR) is 71.6 cm³/mol. The van der Waals surface area contributed by atoms with Crippen molar-refractivity contribution in [2.75, 3.05) is 4.90 Å². The average molecular weight is 242 g/mol. The number of fused-ring (bicyclic) bond motifs is 3. The SMILES string of the molecule is CC1CC2CCC(C1)N2c1ncnc2[nH]ccc12. The number of aromatic nitrogens is 3. The van der Waals surface area contributed by atoms with Crippen LogP contribution in [0.25, 0.3) is 11.0 Å². The lowest BCUT2D eigenvalue weighted by Gasteiger charge is -2.38. The Balaban J connectivity index is 1.81. The van der Waals surface area contributed by atoms with E-state index in [1.807, 2.05) is 6.20 Å². The lowest BCUT2D eigenvalue weighted by atomic mass is 9.92. The van der Waals surface area contributed by atoms with E-state index in [0.29, 0.717) is 12.1 Å². The molecule has 4 heterocycles. The monoisotopic (exact) mass is 242 g/mol. The third kappa shape index (κ3) is 1.38. The lowest BCUT2D eigenvalue weighted by Crippen LogP contribution is -2.43. The number of nitrogens with zero attached hydrogens (tertiary/aromatic N) is 3. The first-order valence-electron chi connectivity index (χ1n) is 6.89. The molecule has 2 bridgehead atoms. The van der Waals surface area contributed by atoms with Gasteiger partial charge < -0.3 is 9.88 Å². The van der Waals surface area contributed by atoms with Gasteiger partial charge in [0.1, 0.15) is 17.8 Å². The first-order chi connectivity index (χ1) is 8.83. The van der Waals surface area contributed by atoms with Crippen LogP contribution in [-0.4, -0.2) is 27.0 Å². The van der Waals surface area contributed by atoms with Gasteiger partial charge in [0.2, 0.25) is 0 Å². The summed E-state index contributed by atoms with van der Waals surface area (Å²) in [4.78, 5) is 14.6. The Morgan fingerprint density at radius 2 is 2.00 bits per heavy atom. The zero-order chi connectivity index (χ0) is 12.1. The zero-order valence-corrected chi connectivity index (χ0v) is 10.6. The van der Waals surface area contributed by atoms with Crippen LogP contribution in [0.1, 0.15) is 32.6 Å². The molecule has 2 aromatic heterocycles. The summed E-state index contributed by atoms with van der Waals surface area (Å²) in [5.41, 5.74) is 0.957. The highest BCUT2D eigenvalue weighted by molar-refractivity contribution is 5.87. The molecule has 2 fully saturated rings. The first-order valence-corrected chi connectivity index (χ1v) is 6.89. The molecule has 0 aromatic carbocycles. The van der Waals surface area contributed by atoms with E-state index in [-0.39, 0.29) is 0 Å². The number of hydrogen-bond donors (Lipinski definition) is 1. The Labute approximate surface area is 106 Å². The van der Waals surface area contributed by atoms with Gasteiger partial charge in [0.05, 0.1) is 5.39 Å². The third-order valence-electron chi connectivity index (χ3n) is 4.55. The molecule has 2 saturated heterocycles. The summed E-state index contributed by atoms with van der Waals surface area (Å²) in [5.74, 6) is 2.00. The molecule has 0 spiro atoms. The normalized spacial score (nSPS) is 31.2. The zero-order valence-electron chi connectivity index (χ0n) is 10.6. The maximum absolute atomic E-state index is 4.56. The van der Waals surface area contributed by atoms with Crippen LogP contribution in [0.5, 0.6) is 0 Å². The van der Waals surface area contributed by atoms with Crippen molar-refractivity contribution in [3.63, 3.8) is 0 Å². The predicted octanol–water partition coefficient (Wildman–Crippen LogP) is 2.73. The van der Waals surface area contributed by atoms with E-state index < -0.39 is 0 Å². The lowest BCUT2D eigenvalue weighted by molar-refractivity contribution is 0.362. The van der Waals surface area contributed by atoms with E-state index >= 15 is 0 Å². The molecule has 2 aromatic rings. The molecular formula is C14H18N4. The third-order valence-corrected chi connectivity index (χ3v) is 4.55.